The number of aliphatic hydroxyl groups excluding tert-OH is 1. The van der Waals surface area contributed by atoms with E-state index >= 15 is 0 Å². The summed E-state index contributed by atoms with van der Waals surface area (Å²) < 4.78 is 11.0. The number of nitro groups is 1. The highest BCUT2D eigenvalue weighted by atomic mass is 35.5. The topological polar surface area (TPSA) is 214 Å². The first-order valence-corrected chi connectivity index (χ1v) is 23.9. The number of thiazole rings is 1. The van der Waals surface area contributed by atoms with Gasteiger partial charge in [-0.25, -0.2) is 4.98 Å². The molecule has 2 saturated heterocycles. The van der Waals surface area contributed by atoms with Crippen molar-refractivity contribution < 1.29 is 38.5 Å². The number of nitrogens with one attached hydrogen (secondary N) is 2. The second-order valence-electron chi connectivity index (χ2n) is 18.3. The van der Waals surface area contributed by atoms with E-state index in [0.29, 0.717) is 56.4 Å². The van der Waals surface area contributed by atoms with Gasteiger partial charge in [-0.3, -0.25) is 34.2 Å². The molecule has 2 fully saturated rings. The molecule has 4 heterocycles. The van der Waals surface area contributed by atoms with Crippen molar-refractivity contribution in [3.8, 4) is 16.2 Å². The van der Waals surface area contributed by atoms with Crippen LogP contribution in [0.2, 0.25) is 5.02 Å². The smallest absolute Gasteiger partial charge is 0.344 e. The number of aromatic nitrogens is 2. The summed E-state index contributed by atoms with van der Waals surface area (Å²) in [7, 11) is 0. The number of carbonyl (C=O) groups is 4. The Bertz CT molecular complexity index is 2570. The Morgan fingerprint density at radius 3 is 2.25 bits per heavy atom. The zero-order valence-corrected chi connectivity index (χ0v) is 40.3. The molecule has 0 radical (unpaired) electrons. The molecule has 68 heavy (non-hydrogen) atoms. The van der Waals surface area contributed by atoms with Gasteiger partial charge in [0.2, 0.25) is 29.2 Å². The Morgan fingerprint density at radius 2 is 1.63 bits per heavy atom. The van der Waals surface area contributed by atoms with Gasteiger partial charge in [0.15, 0.2) is 0 Å². The molecular weight excluding hydrogens is 912 g/mol. The third-order valence-electron chi connectivity index (χ3n) is 12.3. The molecule has 3 aromatic carbocycles. The van der Waals surface area contributed by atoms with Gasteiger partial charge in [0.1, 0.15) is 17.8 Å². The molecule has 5 aromatic rings. The molecule has 2 aliphatic rings. The quantitative estimate of drug-likeness (QED) is 0.0494. The van der Waals surface area contributed by atoms with E-state index in [1.807, 2.05) is 106 Å². The highest BCUT2D eigenvalue weighted by Crippen LogP contribution is 2.33. The largest absolute Gasteiger partial charge is 0.494 e. The molecule has 360 valence electrons. The van der Waals surface area contributed by atoms with Crippen LogP contribution in [0, 0.1) is 29.4 Å². The van der Waals surface area contributed by atoms with Gasteiger partial charge in [0, 0.05) is 64.1 Å². The highest BCUT2D eigenvalue weighted by molar-refractivity contribution is 7.13. The summed E-state index contributed by atoms with van der Waals surface area (Å²) in [4.78, 5) is 75.7. The van der Waals surface area contributed by atoms with Gasteiger partial charge in [-0.15, -0.1) is 11.3 Å². The molecule has 17 nitrogen and oxygen atoms in total. The average molecular weight is 970 g/mol. The molecular formula is C49H57ClN8O9S. The molecule has 0 bridgehead atoms. The average Bonchev–Trinajstić information content (AvgIpc) is 4.05. The summed E-state index contributed by atoms with van der Waals surface area (Å²) in [6.07, 6.45) is 0.462. The van der Waals surface area contributed by atoms with Gasteiger partial charge in [0.25, 0.3) is 5.91 Å². The van der Waals surface area contributed by atoms with Crippen molar-refractivity contribution in [3.05, 3.63) is 127 Å². The fourth-order valence-corrected chi connectivity index (χ4v) is 9.59. The lowest BCUT2D eigenvalue weighted by molar-refractivity contribution is -0.386. The summed E-state index contributed by atoms with van der Waals surface area (Å²) in [5.41, 5.74) is 5.29. The van der Waals surface area contributed by atoms with Crippen LogP contribution in [0.4, 0.5) is 5.69 Å². The molecule has 4 amide bonds. The number of piperazine rings is 1. The maximum Gasteiger partial charge on any atom is 0.344 e. The molecule has 3 N–H and O–H groups in total. The number of halogens is 1. The van der Waals surface area contributed by atoms with Crippen molar-refractivity contribution in [3.63, 3.8) is 0 Å². The van der Waals surface area contributed by atoms with Gasteiger partial charge < -0.3 is 34.8 Å². The van der Waals surface area contributed by atoms with Crippen LogP contribution in [0.5, 0.6) is 5.75 Å². The zero-order chi connectivity index (χ0) is 48.7. The first-order chi connectivity index (χ1) is 32.5. The number of rotatable bonds is 17. The molecule has 0 saturated carbocycles. The maximum atomic E-state index is 14.1. The number of unbranched alkanes of at least 4 members (excludes halogenated alkanes) is 1. The van der Waals surface area contributed by atoms with E-state index in [1.165, 1.54) is 11.8 Å². The van der Waals surface area contributed by atoms with Crippen molar-refractivity contribution in [2.45, 2.75) is 91.1 Å². The van der Waals surface area contributed by atoms with E-state index in [1.54, 1.807) is 16.2 Å². The minimum atomic E-state index is -0.927. The van der Waals surface area contributed by atoms with Crippen molar-refractivity contribution in [2.75, 3.05) is 39.3 Å². The summed E-state index contributed by atoms with van der Waals surface area (Å²) in [5, 5.41) is 32.4. The fraction of sp³-hybridized carbons (Fsp3) is 0.429. The number of carbonyl (C=O) groups excluding carboxylic acids is 4. The summed E-state index contributed by atoms with van der Waals surface area (Å²) in [5.74, 6) is -0.998. The van der Waals surface area contributed by atoms with E-state index in [4.69, 9.17) is 20.9 Å². The van der Waals surface area contributed by atoms with Gasteiger partial charge in [-0.2, -0.15) is 0 Å². The second kappa shape index (κ2) is 21.8. The lowest BCUT2D eigenvalue weighted by Gasteiger charge is -2.39. The van der Waals surface area contributed by atoms with E-state index in [0.717, 1.165) is 32.8 Å². The molecule has 7 rings (SSSR count). The predicted molar refractivity (Wildman–Crippen MR) is 256 cm³/mol. The SMILES string of the molecule is Cc1ncsc1-c1ccc(CNC(=O)[C@@H]2C[C@@H](O)CN2C(=O)[C@@H](NC(=O)CCCCOc2ccc(C(c3ccc(Cl)cc3)N3CCN(C(=O)c4noc(C)c4[N+](=O)[O-])CC3)cc2)C(C)(C)C)cc1. The molecule has 2 aliphatic heterocycles. The molecule has 1 unspecified atom stereocenters. The number of hydrogen-bond donors (Lipinski definition) is 3. The molecule has 19 heteroatoms. The Kier molecular flexibility index (Phi) is 15.9. The number of hydrogen-bond acceptors (Lipinski definition) is 13. The standard InChI is InChI=1S/C49H57ClN8O9S/c1-30-44(68-29-52-30)35-11-9-32(10-12-35)27-51-46(61)39-26-37(59)28-57(39)48(63)45(49(3,4)5)53-40(60)8-6-7-25-66-38-19-15-34(16-20-38)43(33-13-17-36(50)18-14-33)55-21-23-56(24-22-55)47(62)41-42(58(64)65)31(2)67-54-41/h9-20,29,37,39,43,45,59H,6-8,21-28H2,1-5H3,(H,51,61)(H,53,60)/t37-,39+,43?,45-/m1/s1. The monoisotopic (exact) mass is 968 g/mol. The molecule has 0 spiro atoms. The van der Waals surface area contributed by atoms with Crippen LogP contribution in [-0.2, 0) is 20.9 Å². The van der Waals surface area contributed by atoms with Crippen LogP contribution in [0.1, 0.15) is 91.1 Å². The molecule has 2 aromatic heterocycles. The van der Waals surface area contributed by atoms with Gasteiger partial charge >= 0.3 is 5.69 Å². The van der Waals surface area contributed by atoms with Gasteiger partial charge in [0.05, 0.1) is 39.8 Å². The third kappa shape index (κ3) is 11.9. The normalized spacial score (nSPS) is 17.4. The number of aryl methyl sites for hydroxylation is 2. The first-order valence-electron chi connectivity index (χ1n) is 22.7. The van der Waals surface area contributed by atoms with Crippen LogP contribution >= 0.6 is 22.9 Å². The predicted octanol–water partition coefficient (Wildman–Crippen LogP) is 6.88. The van der Waals surface area contributed by atoms with Gasteiger partial charge in [-0.1, -0.05) is 86.1 Å². The summed E-state index contributed by atoms with van der Waals surface area (Å²) >= 11 is 7.82. The van der Waals surface area contributed by atoms with Crippen molar-refractivity contribution in [2.24, 2.45) is 5.41 Å². The number of benzene rings is 3. The van der Waals surface area contributed by atoms with E-state index in [2.05, 4.69) is 25.7 Å². The van der Waals surface area contributed by atoms with E-state index in [-0.39, 0.29) is 55.2 Å². The van der Waals surface area contributed by atoms with Crippen LogP contribution in [-0.4, -0.2) is 116 Å². The number of likely N-dealkylation sites (tertiary alicyclic amines) is 1. The zero-order valence-electron chi connectivity index (χ0n) is 38.8. The third-order valence-corrected chi connectivity index (χ3v) is 13.6. The van der Waals surface area contributed by atoms with Gasteiger partial charge in [-0.05, 0) is 71.7 Å². The fourth-order valence-electron chi connectivity index (χ4n) is 8.65. The number of ether oxygens (including phenoxy) is 1. The molecule has 4 atom stereocenters. The lowest BCUT2D eigenvalue weighted by Crippen LogP contribution is -2.57. The minimum absolute atomic E-state index is 0.0111. The van der Waals surface area contributed by atoms with Crippen molar-refractivity contribution in [1.29, 1.82) is 0 Å². The number of amides is 4. The van der Waals surface area contributed by atoms with Crippen molar-refractivity contribution in [1.82, 2.24) is 35.5 Å². The second-order valence-corrected chi connectivity index (χ2v) is 19.6. The first kappa shape index (κ1) is 49.7. The summed E-state index contributed by atoms with van der Waals surface area (Å²) in [6.45, 7) is 11.2. The Balaban J connectivity index is 0.887. The van der Waals surface area contributed by atoms with Crippen molar-refractivity contribution >= 4 is 52.3 Å². The van der Waals surface area contributed by atoms with Crippen LogP contribution < -0.4 is 15.4 Å². The molecule has 0 aliphatic carbocycles. The number of aliphatic hydroxyl groups is 1. The minimum Gasteiger partial charge on any atom is -0.494 e. The summed E-state index contributed by atoms with van der Waals surface area (Å²) in [6, 6.07) is 21.2. The van der Waals surface area contributed by atoms with Crippen LogP contribution in [0.3, 0.4) is 0 Å². The van der Waals surface area contributed by atoms with Crippen LogP contribution in [0.25, 0.3) is 10.4 Å². The lowest BCUT2D eigenvalue weighted by atomic mass is 9.85. The Labute approximate surface area is 403 Å². The Hall–Kier alpha value is -6.21. The maximum absolute atomic E-state index is 14.1. The number of nitrogens with zero attached hydrogens (tertiary/aromatic N) is 6. The number of β-amino-alcohol motifs (C(OH)–C–C–N with tert-alkyl or cyclic N) is 1. The van der Waals surface area contributed by atoms with E-state index < -0.39 is 46.0 Å². The van der Waals surface area contributed by atoms with E-state index in [9.17, 15) is 34.4 Å². The highest BCUT2D eigenvalue weighted by Gasteiger charge is 2.44. The Morgan fingerprint density at radius 1 is 0.971 bits per heavy atom. The van der Waals surface area contributed by atoms with Crippen LogP contribution in [0.15, 0.2) is 82.8 Å².